The molecule has 0 aliphatic carbocycles. The Bertz CT molecular complexity index is 451. The van der Waals surface area contributed by atoms with Gasteiger partial charge in [-0.1, -0.05) is 32.4 Å². The first kappa shape index (κ1) is 16.2. The van der Waals surface area contributed by atoms with E-state index >= 15 is 0 Å². The molecule has 1 rings (SSSR count). The van der Waals surface area contributed by atoms with E-state index < -0.39 is 5.60 Å². The van der Waals surface area contributed by atoms with Crippen molar-refractivity contribution < 1.29 is 9.90 Å². The average molecular weight is 287 g/mol. The molecular formula is C14H23ClN2O2. The first-order valence-corrected chi connectivity index (χ1v) is 7.30. The first-order valence-electron chi connectivity index (χ1n) is 6.93. The number of hydrogen-bond acceptors (Lipinski definition) is 3. The summed E-state index contributed by atoms with van der Waals surface area (Å²) in [5.74, 6) is -0.184. The van der Waals surface area contributed by atoms with Crippen LogP contribution in [0.3, 0.4) is 0 Å². The molecule has 0 atom stereocenters. The van der Waals surface area contributed by atoms with Crippen molar-refractivity contribution in [1.29, 1.82) is 0 Å². The number of Topliss-reactive ketones (excluding diaryl/α,β-unsaturated/α-hetero) is 1. The van der Waals surface area contributed by atoms with E-state index in [4.69, 9.17) is 11.6 Å². The normalized spacial score (nSPS) is 11.9. The van der Waals surface area contributed by atoms with Gasteiger partial charge in [-0.3, -0.25) is 9.48 Å². The smallest absolute Gasteiger partial charge is 0.170 e. The van der Waals surface area contributed by atoms with Crippen molar-refractivity contribution in [3.63, 3.8) is 0 Å². The molecule has 0 spiro atoms. The van der Waals surface area contributed by atoms with Gasteiger partial charge in [0.2, 0.25) is 0 Å². The molecule has 0 saturated carbocycles. The van der Waals surface area contributed by atoms with E-state index in [2.05, 4.69) is 5.10 Å². The Kier molecular flexibility index (Phi) is 5.56. The van der Waals surface area contributed by atoms with Gasteiger partial charge in [-0.15, -0.1) is 0 Å². The molecule has 0 aliphatic rings. The maximum atomic E-state index is 12.3. The second kappa shape index (κ2) is 6.53. The van der Waals surface area contributed by atoms with Gasteiger partial charge in [-0.05, 0) is 26.2 Å². The van der Waals surface area contributed by atoms with Gasteiger partial charge < -0.3 is 5.11 Å². The summed E-state index contributed by atoms with van der Waals surface area (Å²) in [7, 11) is 0. The maximum absolute atomic E-state index is 12.3. The molecule has 5 heteroatoms. The second-order valence-corrected chi connectivity index (χ2v) is 5.09. The Morgan fingerprint density at radius 1 is 1.32 bits per heavy atom. The monoisotopic (exact) mass is 286 g/mol. The zero-order valence-electron chi connectivity index (χ0n) is 12.2. The molecule has 0 bridgehead atoms. The molecule has 1 aromatic heterocycles. The second-order valence-electron chi connectivity index (χ2n) is 4.72. The summed E-state index contributed by atoms with van der Waals surface area (Å²) in [5, 5.41) is 15.2. The van der Waals surface area contributed by atoms with Gasteiger partial charge in [0.1, 0.15) is 5.60 Å². The SMILES string of the molecule is CCc1nn(CC)c(CC(=O)C(O)(CC)CC)c1Cl. The Hall–Kier alpha value is -0.870. The number of halogens is 1. The molecule has 0 saturated heterocycles. The average Bonchev–Trinajstić information content (AvgIpc) is 2.74. The van der Waals surface area contributed by atoms with Crippen LogP contribution in [0, 0.1) is 0 Å². The molecule has 0 aliphatic heterocycles. The zero-order chi connectivity index (χ0) is 14.6. The minimum absolute atomic E-state index is 0.137. The van der Waals surface area contributed by atoms with Crippen LogP contribution in [0.2, 0.25) is 5.02 Å². The molecule has 0 amide bonds. The number of hydrogen-bond donors (Lipinski definition) is 1. The fraction of sp³-hybridized carbons (Fsp3) is 0.714. The van der Waals surface area contributed by atoms with Crippen molar-refractivity contribution in [1.82, 2.24) is 9.78 Å². The number of nitrogens with zero attached hydrogens (tertiary/aromatic N) is 2. The first-order chi connectivity index (χ1) is 8.93. The van der Waals surface area contributed by atoms with Gasteiger partial charge in [0.05, 0.1) is 22.8 Å². The van der Waals surface area contributed by atoms with Gasteiger partial charge in [-0.25, -0.2) is 0 Å². The standard InChI is InChI=1S/C14H23ClN2O2/c1-5-10-13(15)11(17(8-4)16-10)9-12(18)14(19,6-2)7-3/h19H,5-9H2,1-4H3. The Morgan fingerprint density at radius 3 is 2.32 bits per heavy atom. The third kappa shape index (κ3) is 3.18. The molecule has 0 unspecified atom stereocenters. The molecule has 0 radical (unpaired) electrons. The van der Waals surface area contributed by atoms with Gasteiger partial charge >= 0.3 is 0 Å². The summed E-state index contributed by atoms with van der Waals surface area (Å²) in [6.07, 6.45) is 1.71. The lowest BCUT2D eigenvalue weighted by Gasteiger charge is -2.23. The Morgan fingerprint density at radius 2 is 1.89 bits per heavy atom. The molecule has 19 heavy (non-hydrogen) atoms. The van der Waals surface area contributed by atoms with Crippen LogP contribution in [0.1, 0.15) is 51.9 Å². The van der Waals surface area contributed by atoms with E-state index in [1.54, 1.807) is 4.68 Å². The van der Waals surface area contributed by atoms with Crippen molar-refractivity contribution in [3.05, 3.63) is 16.4 Å². The van der Waals surface area contributed by atoms with Crippen molar-refractivity contribution in [3.8, 4) is 0 Å². The van der Waals surface area contributed by atoms with E-state index in [0.717, 1.165) is 12.1 Å². The highest BCUT2D eigenvalue weighted by Gasteiger charge is 2.33. The molecule has 1 heterocycles. The van der Waals surface area contributed by atoms with Crippen molar-refractivity contribution >= 4 is 17.4 Å². The van der Waals surface area contributed by atoms with Crippen LogP contribution in [-0.4, -0.2) is 26.3 Å². The number of rotatable bonds is 7. The molecule has 108 valence electrons. The van der Waals surface area contributed by atoms with Crippen molar-refractivity contribution in [2.24, 2.45) is 0 Å². The van der Waals surface area contributed by atoms with E-state index in [1.165, 1.54) is 0 Å². The number of ketones is 1. The van der Waals surface area contributed by atoms with E-state index in [9.17, 15) is 9.90 Å². The quantitative estimate of drug-likeness (QED) is 0.838. The number of carbonyl (C=O) groups is 1. The highest BCUT2D eigenvalue weighted by Crippen LogP contribution is 2.25. The summed E-state index contributed by atoms with van der Waals surface area (Å²) >= 11 is 6.27. The molecule has 1 aromatic rings. The van der Waals surface area contributed by atoms with Crippen molar-refractivity contribution in [2.75, 3.05) is 0 Å². The zero-order valence-corrected chi connectivity index (χ0v) is 12.9. The largest absolute Gasteiger partial charge is 0.382 e. The lowest BCUT2D eigenvalue weighted by Crippen LogP contribution is -2.38. The Labute approximate surface area is 119 Å². The predicted octanol–water partition coefficient (Wildman–Crippen LogP) is 2.78. The molecule has 0 aromatic carbocycles. The summed E-state index contributed by atoms with van der Waals surface area (Å²) in [6.45, 7) is 8.24. The van der Waals surface area contributed by atoms with Crippen LogP contribution >= 0.6 is 11.6 Å². The molecular weight excluding hydrogens is 264 g/mol. The lowest BCUT2D eigenvalue weighted by molar-refractivity contribution is -0.137. The summed E-state index contributed by atoms with van der Waals surface area (Å²) in [5.41, 5.74) is 0.271. The number of aliphatic hydroxyl groups is 1. The molecule has 1 N–H and O–H groups in total. The number of aromatic nitrogens is 2. The predicted molar refractivity (Wildman–Crippen MR) is 76.5 cm³/mol. The van der Waals surface area contributed by atoms with E-state index in [1.807, 2.05) is 27.7 Å². The van der Waals surface area contributed by atoms with E-state index in [0.29, 0.717) is 30.1 Å². The van der Waals surface area contributed by atoms with Crippen LogP contribution in [-0.2, 0) is 24.2 Å². The molecule has 0 fully saturated rings. The van der Waals surface area contributed by atoms with Crippen LogP contribution in [0.5, 0.6) is 0 Å². The third-order valence-corrected chi connectivity index (χ3v) is 4.15. The maximum Gasteiger partial charge on any atom is 0.170 e. The summed E-state index contributed by atoms with van der Waals surface area (Å²) in [6, 6.07) is 0. The third-order valence-electron chi connectivity index (χ3n) is 3.71. The van der Waals surface area contributed by atoms with Crippen LogP contribution in [0.25, 0.3) is 0 Å². The summed E-state index contributed by atoms with van der Waals surface area (Å²) < 4.78 is 1.75. The fourth-order valence-electron chi connectivity index (χ4n) is 2.15. The van der Waals surface area contributed by atoms with Crippen LogP contribution in [0.15, 0.2) is 0 Å². The van der Waals surface area contributed by atoms with Crippen LogP contribution in [0.4, 0.5) is 0 Å². The Balaban J connectivity index is 3.05. The van der Waals surface area contributed by atoms with Gasteiger partial charge in [0, 0.05) is 6.54 Å². The minimum atomic E-state index is -1.25. The fourth-order valence-corrected chi connectivity index (χ4v) is 2.48. The minimum Gasteiger partial charge on any atom is -0.382 e. The van der Waals surface area contributed by atoms with Gasteiger partial charge in [0.25, 0.3) is 0 Å². The topological polar surface area (TPSA) is 55.1 Å². The summed E-state index contributed by atoms with van der Waals surface area (Å²) in [4.78, 5) is 12.3. The highest BCUT2D eigenvalue weighted by molar-refractivity contribution is 6.32. The molecule has 4 nitrogen and oxygen atoms in total. The van der Waals surface area contributed by atoms with Gasteiger partial charge in [-0.2, -0.15) is 5.10 Å². The van der Waals surface area contributed by atoms with E-state index in [-0.39, 0.29) is 12.2 Å². The number of carbonyl (C=O) groups excluding carboxylic acids is 1. The highest BCUT2D eigenvalue weighted by atomic mass is 35.5. The number of aryl methyl sites for hydroxylation is 2. The van der Waals surface area contributed by atoms with Gasteiger partial charge in [0.15, 0.2) is 5.78 Å². The van der Waals surface area contributed by atoms with Crippen LogP contribution < -0.4 is 0 Å². The lowest BCUT2D eigenvalue weighted by atomic mass is 9.89. The van der Waals surface area contributed by atoms with Crippen molar-refractivity contribution in [2.45, 2.75) is 65.5 Å².